The van der Waals surface area contributed by atoms with Crippen LogP contribution in [0.1, 0.15) is 0 Å². The molecule has 0 amide bonds. The highest BCUT2D eigenvalue weighted by Gasteiger charge is 2.29. The summed E-state index contributed by atoms with van der Waals surface area (Å²) in [5, 5.41) is 23.2. The molecule has 15 aromatic heterocycles. The summed E-state index contributed by atoms with van der Waals surface area (Å²) in [7, 11) is 0. The van der Waals surface area contributed by atoms with Crippen LogP contribution < -0.4 is 0 Å². The molecule has 0 fully saturated rings. The van der Waals surface area contributed by atoms with Gasteiger partial charge in [-0.25, -0.2) is 29.9 Å². The van der Waals surface area contributed by atoms with Gasteiger partial charge in [-0.15, -0.1) is 0 Å². The molecule has 15 nitrogen and oxygen atoms in total. The van der Waals surface area contributed by atoms with E-state index in [2.05, 4.69) is 388 Å². The minimum absolute atomic E-state index is 0.620. The van der Waals surface area contributed by atoms with Crippen molar-refractivity contribution in [2.75, 3.05) is 0 Å². The molecule has 0 aliphatic carbocycles. The molecule has 18 aromatic carbocycles. The van der Waals surface area contributed by atoms with Crippen LogP contribution in [0, 0.1) is 0 Å². The maximum absolute atomic E-state index is 5.16. The van der Waals surface area contributed by atoms with Gasteiger partial charge in [0, 0.05) is 196 Å². The van der Waals surface area contributed by atoms with Crippen LogP contribution in [0.4, 0.5) is 0 Å². The predicted octanol–water partition coefficient (Wildman–Crippen LogP) is 32.8. The molecule has 0 aliphatic heterocycles. The molecule has 15 heteroatoms. The minimum Gasteiger partial charge on any atom is -0.309 e. The normalized spacial score (nSPS) is 12.1. The molecule has 0 saturated heterocycles. The molecule has 0 unspecified atom stereocenters. The quantitative estimate of drug-likeness (QED) is 0.124. The molecule has 0 bridgehead atoms. The summed E-state index contributed by atoms with van der Waals surface area (Å²) >= 11 is 0. The first-order chi connectivity index (χ1) is 73.4. The monoisotopic (exact) mass is 1890 g/mol. The first kappa shape index (κ1) is 82.4. The summed E-state index contributed by atoms with van der Waals surface area (Å²) in [6.07, 6.45) is 11.5. The second kappa shape index (κ2) is 32.6. The first-order valence-electron chi connectivity index (χ1n) is 49.9. The van der Waals surface area contributed by atoms with E-state index in [0.717, 1.165) is 128 Å². The van der Waals surface area contributed by atoms with Gasteiger partial charge in [0.05, 0.1) is 94.1 Å². The summed E-state index contributed by atoms with van der Waals surface area (Å²) in [5.41, 5.74) is 34.4. The van der Waals surface area contributed by atoms with Crippen molar-refractivity contribution in [3.63, 3.8) is 0 Å². The van der Waals surface area contributed by atoms with Crippen LogP contribution in [-0.4, -0.2) is 71.8 Å². The van der Waals surface area contributed by atoms with Gasteiger partial charge in [-0.2, -0.15) is 0 Å². The fourth-order valence-corrected chi connectivity index (χ4v) is 23.9. The van der Waals surface area contributed by atoms with Crippen molar-refractivity contribution in [3.8, 4) is 107 Å². The van der Waals surface area contributed by atoms with Gasteiger partial charge in [0.25, 0.3) is 0 Å². The van der Waals surface area contributed by atoms with Crippen molar-refractivity contribution < 1.29 is 0 Å². The van der Waals surface area contributed by atoms with E-state index in [9.17, 15) is 0 Å². The molecule has 33 aromatic rings. The first-order valence-corrected chi connectivity index (χ1v) is 49.9. The van der Waals surface area contributed by atoms with E-state index >= 15 is 0 Å². The third-order valence-corrected chi connectivity index (χ3v) is 30.3. The summed E-state index contributed by atoms with van der Waals surface area (Å²) in [4.78, 5) is 43.8. The van der Waals surface area contributed by atoms with Crippen LogP contribution in [0.3, 0.4) is 0 Å². The number of hydrogen-bond donors (Lipinski definition) is 0. The lowest BCUT2D eigenvalue weighted by atomic mass is 9.99. The van der Waals surface area contributed by atoms with Crippen LogP contribution in [0.2, 0.25) is 0 Å². The van der Waals surface area contributed by atoms with E-state index in [0.29, 0.717) is 23.3 Å². The molecule has 0 atom stereocenters. The average molecular weight is 1890 g/mol. The molecular weight excluding hydrogens is 1810 g/mol. The smallest absolute Gasteiger partial charge is 0.164 e. The predicted molar refractivity (Wildman–Crippen MR) is 607 cm³/mol. The summed E-state index contributed by atoms with van der Waals surface area (Å²) in [6, 6.07) is 157. The van der Waals surface area contributed by atoms with Crippen molar-refractivity contribution in [2.45, 2.75) is 0 Å². The van der Waals surface area contributed by atoms with E-state index in [-0.39, 0.29) is 0 Å². The fourth-order valence-electron chi connectivity index (χ4n) is 23.9. The van der Waals surface area contributed by atoms with E-state index in [1.807, 2.05) is 134 Å². The Hall–Kier alpha value is -20.3. The number of pyridine rings is 4. The Bertz CT molecular complexity index is 11000. The Balaban J connectivity index is 0.000000101. The largest absolute Gasteiger partial charge is 0.309 e. The highest BCUT2D eigenvalue weighted by atomic mass is 15.1. The van der Waals surface area contributed by atoms with Crippen molar-refractivity contribution in [2.24, 2.45) is 0 Å². The number of hydrogen-bond acceptors (Lipinski definition) is 9. The molecule has 0 radical (unpaired) electrons. The lowest BCUT2D eigenvalue weighted by Crippen LogP contribution is -2.01. The van der Waals surface area contributed by atoms with E-state index < -0.39 is 0 Å². The number of rotatable bonds is 11. The third kappa shape index (κ3) is 12.6. The van der Waals surface area contributed by atoms with Crippen molar-refractivity contribution in [1.82, 2.24) is 71.8 Å². The summed E-state index contributed by atoms with van der Waals surface area (Å²) < 4.78 is 14.4. The van der Waals surface area contributed by atoms with Gasteiger partial charge in [-0.1, -0.05) is 297 Å². The Morgan fingerprint density at radius 3 is 1.14 bits per heavy atom. The zero-order valence-corrected chi connectivity index (χ0v) is 79.3. The average Bonchev–Trinajstić information content (AvgIpc) is 1.53. The van der Waals surface area contributed by atoms with Gasteiger partial charge < -0.3 is 22.3 Å². The van der Waals surface area contributed by atoms with Crippen LogP contribution in [-0.2, 0) is 0 Å². The Kier molecular flexibility index (Phi) is 18.2. The van der Waals surface area contributed by atoms with Crippen LogP contribution >= 0.6 is 0 Å². The second-order valence-electron chi connectivity index (χ2n) is 38.3. The maximum atomic E-state index is 5.16. The Morgan fingerprint density at radius 2 is 0.534 bits per heavy atom. The Morgan fingerprint density at radius 1 is 0.162 bits per heavy atom. The van der Waals surface area contributed by atoms with E-state index in [4.69, 9.17) is 29.9 Å². The van der Waals surface area contributed by atoms with Gasteiger partial charge in [-0.05, 0) is 162 Å². The van der Waals surface area contributed by atoms with Gasteiger partial charge >= 0.3 is 0 Å². The molecule has 686 valence electrons. The van der Waals surface area contributed by atoms with Crippen molar-refractivity contribution >= 4 is 191 Å². The number of fused-ring (bicyclic) bond motifs is 28. The summed E-state index contributed by atoms with van der Waals surface area (Å²) in [6.45, 7) is 0. The van der Waals surface area contributed by atoms with Crippen LogP contribution in [0.5, 0.6) is 0 Å². The topological polar surface area (TPSA) is 144 Å². The molecule has 148 heavy (non-hydrogen) atoms. The van der Waals surface area contributed by atoms with Crippen molar-refractivity contribution in [1.29, 1.82) is 0 Å². The van der Waals surface area contributed by atoms with Gasteiger partial charge in [-0.3, -0.25) is 19.5 Å². The van der Waals surface area contributed by atoms with Gasteiger partial charge in [0.1, 0.15) is 5.65 Å². The highest BCUT2D eigenvalue weighted by Crippen LogP contribution is 2.50. The van der Waals surface area contributed by atoms with Crippen molar-refractivity contribution in [3.05, 3.63) is 480 Å². The number of para-hydroxylation sites is 8. The second-order valence-corrected chi connectivity index (χ2v) is 38.3. The highest BCUT2D eigenvalue weighted by molar-refractivity contribution is 6.29. The lowest BCUT2D eigenvalue weighted by molar-refractivity contribution is 1.07. The minimum atomic E-state index is 0.620. The third-order valence-electron chi connectivity index (χ3n) is 30.3. The van der Waals surface area contributed by atoms with E-state index in [1.165, 1.54) is 147 Å². The molecular formula is C133H79N15. The summed E-state index contributed by atoms with van der Waals surface area (Å²) in [5.74, 6) is 2.61. The standard InChI is InChI=1S/C50H30N6.C45H27N5.C38H22N4/c1-3-12-31(13-4-1)48-52-49(32-14-5-2-6-15-32)54-50(53-48)34-16-9-17-35(28-34)55-44-25-24-33(29-41(44)42-30-51-27-26-45(42)55)36-19-10-21-39-40-22-11-20-38-37-18-7-8-23-43(37)56(46(36)39)47(38)40;1-3-11-28(12-4-1)38-26-39(48-45(47-38)29-13-5-2-6-14-29)30-19-20-42-34(23-30)36-25-31(24-35-32-15-7-10-18-41(32)50(42)44(35)36)49-40-17-9-8-16-33(40)37-27-46-22-21-43(37)49;1-4-12-33-26(8-1)25(17-19-39-33)23-15-16-36-30(20-23)29-11-7-18-40-38(29)41(36)24-21-31-27-9-2-5-13-34(27)42-35-14-6-3-10-28(35)32(22-24)37(31)42/h1-30H;1-27H;1-22H. The van der Waals surface area contributed by atoms with Gasteiger partial charge in [0.2, 0.25) is 0 Å². The molecule has 0 saturated carbocycles. The molecule has 0 spiro atoms. The number of nitrogens with zero attached hydrogens (tertiary/aromatic N) is 15. The lowest BCUT2D eigenvalue weighted by Gasteiger charge is -2.12. The van der Waals surface area contributed by atoms with Crippen LogP contribution in [0.25, 0.3) is 298 Å². The van der Waals surface area contributed by atoms with Gasteiger partial charge in [0.15, 0.2) is 23.3 Å². The molecule has 15 heterocycles. The number of aromatic nitrogens is 15. The number of benzene rings is 18. The Labute approximate surface area is 844 Å². The SMILES string of the molecule is c1ccc(-c2cc(-c3ccc4c(c3)c3cc(-n5c6ccccc6c6cnccc65)cc5c6ccccc6n4c53)nc(-c3ccccc3)n2)cc1.c1ccc(-c2nc(-c3ccccc3)nc(-c3cccc(-n4c5ccncc5c5cc(-c6cccc7c8cccc9c%10ccccc%10n(c67)c98)ccc54)c3)n2)cc1.c1ccc2c(-c3ccc4c(c3)c3cccnc3n4-c3cc4c5ccccc5n5c6ccccc6c(c3)c45)ccnc2c1. The van der Waals surface area contributed by atoms with E-state index in [1.54, 1.807) is 0 Å². The molecule has 0 aliphatic rings. The maximum Gasteiger partial charge on any atom is 0.164 e. The zero-order valence-electron chi connectivity index (χ0n) is 79.3. The van der Waals surface area contributed by atoms with Crippen LogP contribution in [0.15, 0.2) is 480 Å². The molecule has 33 rings (SSSR count). The molecule has 0 N–H and O–H groups in total. The zero-order chi connectivity index (χ0) is 96.9. The fraction of sp³-hybridized carbons (Fsp3) is 0.